The molecule has 0 atom stereocenters. The predicted octanol–water partition coefficient (Wildman–Crippen LogP) is 1.26. The van der Waals surface area contributed by atoms with Crippen molar-refractivity contribution in [2.24, 2.45) is 0 Å². The standard InChI is InChI=1S/C11H16N4O2/c1-3-5-6-7-11(16)17-9-10-12-13-14-15(10)8-4-2/h3,5-7H,4,8-9H2,1-2H3/b5-3+,7-6+. The summed E-state index contributed by atoms with van der Waals surface area (Å²) in [5, 5.41) is 11.1. The van der Waals surface area contributed by atoms with E-state index < -0.39 is 5.97 Å². The van der Waals surface area contributed by atoms with Gasteiger partial charge in [-0.05, 0) is 23.8 Å². The van der Waals surface area contributed by atoms with Gasteiger partial charge in [0, 0.05) is 12.6 Å². The number of allylic oxidation sites excluding steroid dienone is 3. The summed E-state index contributed by atoms with van der Waals surface area (Å²) in [4.78, 5) is 11.3. The number of ether oxygens (including phenoxy) is 1. The van der Waals surface area contributed by atoms with E-state index in [4.69, 9.17) is 4.74 Å². The summed E-state index contributed by atoms with van der Waals surface area (Å²) in [7, 11) is 0. The maximum Gasteiger partial charge on any atom is 0.331 e. The summed E-state index contributed by atoms with van der Waals surface area (Å²) in [5.74, 6) is 0.147. The Kier molecular flexibility index (Phi) is 5.63. The van der Waals surface area contributed by atoms with Crippen LogP contribution in [-0.4, -0.2) is 26.2 Å². The van der Waals surface area contributed by atoms with Crippen LogP contribution in [0.2, 0.25) is 0 Å². The molecule has 0 bridgehead atoms. The third-order valence-electron chi connectivity index (χ3n) is 1.92. The SMILES string of the molecule is C/C=C/C=C/C(=O)OCc1nnnn1CCC. The molecule has 0 spiro atoms. The topological polar surface area (TPSA) is 69.9 Å². The molecule has 1 aromatic heterocycles. The number of hydrogen-bond donors (Lipinski definition) is 0. The van der Waals surface area contributed by atoms with Gasteiger partial charge in [-0.25, -0.2) is 9.48 Å². The summed E-state index contributed by atoms with van der Waals surface area (Å²) in [6, 6.07) is 0. The molecule has 0 aliphatic carbocycles. The van der Waals surface area contributed by atoms with Crippen LogP contribution in [0, 0.1) is 0 Å². The van der Waals surface area contributed by atoms with Crippen LogP contribution < -0.4 is 0 Å². The monoisotopic (exact) mass is 236 g/mol. The Labute approximate surface area is 100.0 Å². The Hall–Kier alpha value is -1.98. The van der Waals surface area contributed by atoms with E-state index >= 15 is 0 Å². The number of aromatic nitrogens is 4. The highest BCUT2D eigenvalue weighted by atomic mass is 16.5. The van der Waals surface area contributed by atoms with Crippen molar-refractivity contribution in [2.45, 2.75) is 33.4 Å². The van der Waals surface area contributed by atoms with E-state index in [1.807, 2.05) is 19.9 Å². The molecule has 6 heteroatoms. The molecule has 0 saturated heterocycles. The Balaban J connectivity index is 2.44. The van der Waals surface area contributed by atoms with Crippen molar-refractivity contribution in [1.29, 1.82) is 0 Å². The minimum Gasteiger partial charge on any atom is -0.454 e. The van der Waals surface area contributed by atoms with Gasteiger partial charge < -0.3 is 4.74 Å². The first kappa shape index (κ1) is 13.1. The molecule has 0 fully saturated rings. The van der Waals surface area contributed by atoms with Crippen LogP contribution in [0.15, 0.2) is 24.3 Å². The van der Waals surface area contributed by atoms with Crippen molar-refractivity contribution in [2.75, 3.05) is 0 Å². The molecule has 0 unspecified atom stereocenters. The number of nitrogens with zero attached hydrogens (tertiary/aromatic N) is 4. The van der Waals surface area contributed by atoms with E-state index in [0.29, 0.717) is 12.4 Å². The third kappa shape index (κ3) is 4.58. The lowest BCUT2D eigenvalue weighted by atomic mass is 10.4. The largest absolute Gasteiger partial charge is 0.454 e. The number of carbonyl (C=O) groups excluding carboxylic acids is 1. The number of aryl methyl sites for hydroxylation is 1. The summed E-state index contributed by atoms with van der Waals surface area (Å²) >= 11 is 0. The molecule has 1 aromatic rings. The second kappa shape index (κ2) is 7.32. The fourth-order valence-corrected chi connectivity index (χ4v) is 1.14. The van der Waals surface area contributed by atoms with Crippen LogP contribution in [0.3, 0.4) is 0 Å². The predicted molar refractivity (Wildman–Crippen MR) is 61.9 cm³/mol. The van der Waals surface area contributed by atoms with Crippen LogP contribution >= 0.6 is 0 Å². The Morgan fingerprint density at radius 3 is 3.00 bits per heavy atom. The highest BCUT2D eigenvalue weighted by Crippen LogP contribution is 1.97. The van der Waals surface area contributed by atoms with Gasteiger partial charge in [-0.3, -0.25) is 0 Å². The fourth-order valence-electron chi connectivity index (χ4n) is 1.14. The van der Waals surface area contributed by atoms with E-state index in [0.717, 1.165) is 6.42 Å². The molecule has 0 radical (unpaired) electrons. The summed E-state index contributed by atoms with van der Waals surface area (Å²) in [5.41, 5.74) is 0. The van der Waals surface area contributed by atoms with Crippen LogP contribution in [0.4, 0.5) is 0 Å². The van der Waals surface area contributed by atoms with Gasteiger partial charge in [0.05, 0.1) is 0 Å². The first-order valence-electron chi connectivity index (χ1n) is 5.49. The lowest BCUT2D eigenvalue weighted by Gasteiger charge is -2.02. The number of tetrazole rings is 1. The Morgan fingerprint density at radius 2 is 2.29 bits per heavy atom. The van der Waals surface area contributed by atoms with Gasteiger partial charge in [0.1, 0.15) is 0 Å². The summed E-state index contributed by atoms with van der Waals surface area (Å²) in [6.07, 6.45) is 7.48. The van der Waals surface area contributed by atoms with Crippen molar-refractivity contribution < 1.29 is 9.53 Å². The van der Waals surface area contributed by atoms with E-state index in [-0.39, 0.29) is 6.61 Å². The average Bonchev–Trinajstić information content (AvgIpc) is 2.75. The molecule has 0 aromatic carbocycles. The number of esters is 1. The van der Waals surface area contributed by atoms with Gasteiger partial charge in [-0.2, -0.15) is 0 Å². The zero-order valence-electron chi connectivity index (χ0n) is 10.0. The summed E-state index contributed by atoms with van der Waals surface area (Å²) in [6.45, 7) is 4.70. The zero-order chi connectivity index (χ0) is 12.5. The van der Waals surface area contributed by atoms with Gasteiger partial charge in [0.2, 0.25) is 0 Å². The minimum absolute atomic E-state index is 0.0893. The quantitative estimate of drug-likeness (QED) is 0.422. The first-order valence-corrected chi connectivity index (χ1v) is 5.49. The third-order valence-corrected chi connectivity index (χ3v) is 1.92. The highest BCUT2D eigenvalue weighted by molar-refractivity contribution is 5.82. The first-order chi connectivity index (χ1) is 8.27. The van der Waals surface area contributed by atoms with Gasteiger partial charge >= 0.3 is 5.97 Å². The molecule has 0 amide bonds. The smallest absolute Gasteiger partial charge is 0.331 e. The molecule has 0 aliphatic heterocycles. The number of carbonyl (C=O) groups is 1. The molecule has 1 heterocycles. The fraction of sp³-hybridized carbons (Fsp3) is 0.455. The number of hydrogen-bond acceptors (Lipinski definition) is 5. The molecule has 0 N–H and O–H groups in total. The lowest BCUT2D eigenvalue weighted by molar-refractivity contribution is -0.139. The Bertz CT molecular complexity index is 409. The molecular weight excluding hydrogens is 220 g/mol. The van der Waals surface area contributed by atoms with Crippen molar-refractivity contribution in [3.8, 4) is 0 Å². The maximum atomic E-state index is 11.3. The lowest BCUT2D eigenvalue weighted by Crippen LogP contribution is -2.09. The average molecular weight is 236 g/mol. The molecule has 0 aliphatic rings. The minimum atomic E-state index is -0.408. The molecule has 17 heavy (non-hydrogen) atoms. The van der Waals surface area contributed by atoms with Crippen molar-refractivity contribution in [3.05, 3.63) is 30.1 Å². The Morgan fingerprint density at radius 1 is 1.47 bits per heavy atom. The second-order valence-corrected chi connectivity index (χ2v) is 3.31. The van der Waals surface area contributed by atoms with E-state index in [2.05, 4.69) is 15.5 Å². The van der Waals surface area contributed by atoms with Crippen molar-refractivity contribution >= 4 is 5.97 Å². The van der Waals surface area contributed by atoms with E-state index in [9.17, 15) is 4.79 Å². The molecule has 92 valence electrons. The van der Waals surface area contributed by atoms with Crippen LogP contribution in [-0.2, 0) is 22.7 Å². The van der Waals surface area contributed by atoms with Crippen molar-refractivity contribution in [1.82, 2.24) is 20.2 Å². The van der Waals surface area contributed by atoms with Gasteiger partial charge in [0.25, 0.3) is 0 Å². The van der Waals surface area contributed by atoms with Crippen LogP contribution in [0.25, 0.3) is 0 Å². The zero-order valence-corrected chi connectivity index (χ0v) is 10.0. The van der Waals surface area contributed by atoms with Crippen LogP contribution in [0.5, 0.6) is 0 Å². The summed E-state index contributed by atoms with van der Waals surface area (Å²) < 4.78 is 6.62. The van der Waals surface area contributed by atoms with Gasteiger partial charge in [-0.15, -0.1) is 5.10 Å². The molecule has 1 rings (SSSR count). The van der Waals surface area contributed by atoms with Gasteiger partial charge in [0.15, 0.2) is 12.4 Å². The number of rotatable bonds is 6. The second-order valence-electron chi connectivity index (χ2n) is 3.31. The van der Waals surface area contributed by atoms with Crippen LogP contribution in [0.1, 0.15) is 26.1 Å². The molecular formula is C11H16N4O2. The highest BCUT2D eigenvalue weighted by Gasteiger charge is 2.06. The van der Waals surface area contributed by atoms with E-state index in [1.165, 1.54) is 6.08 Å². The molecule has 6 nitrogen and oxygen atoms in total. The normalized spacial score (nSPS) is 11.4. The van der Waals surface area contributed by atoms with Crippen molar-refractivity contribution in [3.63, 3.8) is 0 Å². The maximum absolute atomic E-state index is 11.3. The van der Waals surface area contributed by atoms with E-state index in [1.54, 1.807) is 16.8 Å². The molecule has 0 saturated carbocycles. The van der Waals surface area contributed by atoms with Gasteiger partial charge in [-0.1, -0.05) is 25.2 Å².